The maximum atomic E-state index is 12.0. The summed E-state index contributed by atoms with van der Waals surface area (Å²) >= 11 is 0. The minimum atomic E-state index is -1.04. The van der Waals surface area contributed by atoms with Gasteiger partial charge in [0.2, 0.25) is 5.91 Å². The highest BCUT2D eigenvalue weighted by Crippen LogP contribution is 2.08. The fourth-order valence-corrected chi connectivity index (χ4v) is 2.16. The number of nitrogens with one attached hydrogen (secondary N) is 3. The van der Waals surface area contributed by atoms with E-state index in [-0.39, 0.29) is 18.4 Å². The van der Waals surface area contributed by atoms with Gasteiger partial charge in [0.25, 0.3) is 0 Å². The summed E-state index contributed by atoms with van der Waals surface area (Å²) in [5, 5.41) is 14.8. The van der Waals surface area contributed by atoms with Gasteiger partial charge in [0.1, 0.15) is 6.04 Å². The molecule has 2 rings (SSSR count). The molecule has 1 saturated heterocycles. The molecule has 104 valence electrons. The first-order chi connectivity index (χ1) is 9.16. The van der Waals surface area contributed by atoms with Crippen molar-refractivity contribution in [3.05, 3.63) is 18.2 Å². The van der Waals surface area contributed by atoms with Crippen LogP contribution in [0.5, 0.6) is 0 Å². The molecule has 7 nitrogen and oxygen atoms in total. The summed E-state index contributed by atoms with van der Waals surface area (Å²) in [6.45, 7) is 0.802. The third kappa shape index (κ3) is 3.78. The predicted octanol–water partition coefficient (Wildman–Crippen LogP) is -0.336. The summed E-state index contributed by atoms with van der Waals surface area (Å²) < 4.78 is 0. The Morgan fingerprint density at radius 3 is 2.95 bits per heavy atom. The number of imidazole rings is 1. The van der Waals surface area contributed by atoms with Gasteiger partial charge in [0, 0.05) is 18.3 Å². The van der Waals surface area contributed by atoms with Crippen LogP contribution >= 0.6 is 0 Å². The van der Waals surface area contributed by atoms with Crippen LogP contribution in [0, 0.1) is 0 Å². The molecule has 0 bridgehead atoms. The second-order valence-electron chi connectivity index (χ2n) is 4.68. The summed E-state index contributed by atoms with van der Waals surface area (Å²) in [5.41, 5.74) is 0.685. The maximum Gasteiger partial charge on any atom is 0.326 e. The smallest absolute Gasteiger partial charge is 0.326 e. The number of hydrogen-bond acceptors (Lipinski definition) is 4. The van der Waals surface area contributed by atoms with E-state index in [1.54, 1.807) is 6.20 Å². The first kappa shape index (κ1) is 13.5. The van der Waals surface area contributed by atoms with Gasteiger partial charge in [-0.05, 0) is 19.4 Å². The normalized spacial score (nSPS) is 20.7. The molecule has 1 aliphatic rings. The van der Waals surface area contributed by atoms with E-state index in [1.807, 2.05) is 0 Å². The summed E-state index contributed by atoms with van der Waals surface area (Å²) in [5.74, 6) is -1.29. The monoisotopic (exact) mass is 266 g/mol. The number of carboxylic acid groups (broad SMARTS) is 1. The van der Waals surface area contributed by atoms with Crippen LogP contribution in [0.25, 0.3) is 0 Å². The Morgan fingerprint density at radius 1 is 1.53 bits per heavy atom. The highest BCUT2D eigenvalue weighted by Gasteiger charge is 2.26. The molecular weight excluding hydrogens is 248 g/mol. The van der Waals surface area contributed by atoms with E-state index in [4.69, 9.17) is 5.11 Å². The fraction of sp³-hybridized carbons (Fsp3) is 0.583. The van der Waals surface area contributed by atoms with Gasteiger partial charge in [-0.25, -0.2) is 9.78 Å². The zero-order chi connectivity index (χ0) is 13.7. The zero-order valence-electron chi connectivity index (χ0n) is 10.6. The molecule has 2 heterocycles. The van der Waals surface area contributed by atoms with Crippen molar-refractivity contribution < 1.29 is 14.7 Å². The molecule has 1 aromatic rings. The second kappa shape index (κ2) is 6.33. The largest absolute Gasteiger partial charge is 0.480 e. The van der Waals surface area contributed by atoms with Crippen LogP contribution in [0.1, 0.15) is 25.0 Å². The lowest BCUT2D eigenvalue weighted by molar-refractivity contribution is -0.142. The molecule has 4 N–H and O–H groups in total. The van der Waals surface area contributed by atoms with Crippen molar-refractivity contribution >= 4 is 11.9 Å². The van der Waals surface area contributed by atoms with Crippen molar-refractivity contribution in [1.82, 2.24) is 20.6 Å². The van der Waals surface area contributed by atoms with Gasteiger partial charge in [-0.15, -0.1) is 0 Å². The van der Waals surface area contributed by atoms with Crippen LogP contribution in [-0.4, -0.2) is 45.6 Å². The number of hydrogen-bond donors (Lipinski definition) is 4. The van der Waals surface area contributed by atoms with E-state index < -0.39 is 12.0 Å². The standard InChI is InChI=1S/C12H18N4O3/c17-11(9-3-1-2-4-14-9)16-10(12(18)19)5-8-6-13-7-15-8/h6-7,9-10,14H,1-5H2,(H,13,15)(H,16,17)(H,18,19)/t9-,10?/m1/s1. The second-order valence-corrected chi connectivity index (χ2v) is 4.68. The van der Waals surface area contributed by atoms with Crippen molar-refractivity contribution in [1.29, 1.82) is 0 Å². The molecule has 0 saturated carbocycles. The number of nitrogens with zero attached hydrogens (tertiary/aromatic N) is 1. The Labute approximate surface area is 110 Å². The lowest BCUT2D eigenvalue weighted by atomic mass is 10.0. The van der Waals surface area contributed by atoms with Crippen molar-refractivity contribution in [2.75, 3.05) is 6.54 Å². The van der Waals surface area contributed by atoms with E-state index >= 15 is 0 Å². The number of aromatic nitrogens is 2. The molecule has 1 unspecified atom stereocenters. The van der Waals surface area contributed by atoms with E-state index in [1.165, 1.54) is 6.33 Å². The summed E-state index contributed by atoms with van der Waals surface area (Å²) in [4.78, 5) is 29.8. The molecular formula is C12H18N4O3. The number of carboxylic acids is 1. The van der Waals surface area contributed by atoms with Gasteiger partial charge < -0.3 is 20.7 Å². The molecule has 1 fully saturated rings. The zero-order valence-corrected chi connectivity index (χ0v) is 10.6. The number of rotatable bonds is 5. The van der Waals surface area contributed by atoms with Gasteiger partial charge in [-0.2, -0.15) is 0 Å². The first-order valence-corrected chi connectivity index (χ1v) is 6.40. The topological polar surface area (TPSA) is 107 Å². The summed E-state index contributed by atoms with van der Waals surface area (Å²) in [7, 11) is 0. The third-order valence-electron chi connectivity index (χ3n) is 3.22. The Kier molecular flexibility index (Phi) is 4.51. The third-order valence-corrected chi connectivity index (χ3v) is 3.22. The Morgan fingerprint density at radius 2 is 2.37 bits per heavy atom. The molecule has 1 amide bonds. The van der Waals surface area contributed by atoms with Gasteiger partial charge in [0.15, 0.2) is 0 Å². The van der Waals surface area contributed by atoms with E-state index in [9.17, 15) is 9.59 Å². The average Bonchev–Trinajstić information content (AvgIpc) is 2.91. The molecule has 0 aromatic carbocycles. The minimum absolute atomic E-state index is 0.202. The van der Waals surface area contributed by atoms with Gasteiger partial charge in [-0.3, -0.25) is 4.79 Å². The lowest BCUT2D eigenvalue weighted by Gasteiger charge is -2.24. The van der Waals surface area contributed by atoms with Crippen molar-refractivity contribution in [2.24, 2.45) is 0 Å². The van der Waals surface area contributed by atoms with Gasteiger partial charge >= 0.3 is 5.97 Å². The van der Waals surface area contributed by atoms with Crippen molar-refractivity contribution in [3.8, 4) is 0 Å². The van der Waals surface area contributed by atoms with Gasteiger partial charge in [0.05, 0.1) is 12.4 Å². The SMILES string of the molecule is O=C(O)C(Cc1cnc[nH]1)NC(=O)[C@H]1CCCCN1. The quantitative estimate of drug-likeness (QED) is 0.583. The highest BCUT2D eigenvalue weighted by atomic mass is 16.4. The van der Waals surface area contributed by atoms with Crippen LogP contribution in [0.2, 0.25) is 0 Å². The number of piperidine rings is 1. The molecule has 0 aliphatic carbocycles. The van der Waals surface area contributed by atoms with Crippen LogP contribution in [0.4, 0.5) is 0 Å². The van der Waals surface area contributed by atoms with E-state index in [0.29, 0.717) is 5.69 Å². The number of amides is 1. The molecule has 1 aliphatic heterocycles. The Balaban J connectivity index is 1.92. The number of aromatic amines is 1. The lowest BCUT2D eigenvalue weighted by Crippen LogP contribution is -2.52. The van der Waals surface area contributed by atoms with Crippen molar-refractivity contribution in [2.45, 2.75) is 37.8 Å². The maximum absolute atomic E-state index is 12.0. The van der Waals surface area contributed by atoms with E-state index in [2.05, 4.69) is 20.6 Å². The summed E-state index contributed by atoms with van der Waals surface area (Å²) in [6, 6.07) is -1.21. The number of carbonyl (C=O) groups is 2. The molecule has 2 atom stereocenters. The molecule has 1 aromatic heterocycles. The Bertz CT molecular complexity index is 426. The minimum Gasteiger partial charge on any atom is -0.480 e. The van der Waals surface area contributed by atoms with Crippen molar-refractivity contribution in [3.63, 3.8) is 0 Å². The van der Waals surface area contributed by atoms with Crippen LogP contribution in [-0.2, 0) is 16.0 Å². The number of H-pyrrole nitrogens is 1. The molecule has 0 radical (unpaired) electrons. The number of carbonyl (C=O) groups excluding carboxylic acids is 1. The average molecular weight is 266 g/mol. The molecule has 0 spiro atoms. The summed E-state index contributed by atoms with van der Waals surface area (Å²) in [6.07, 6.45) is 6.04. The van der Waals surface area contributed by atoms with E-state index in [0.717, 1.165) is 25.8 Å². The van der Waals surface area contributed by atoms with Crippen LogP contribution in [0.15, 0.2) is 12.5 Å². The molecule has 19 heavy (non-hydrogen) atoms. The fourth-order valence-electron chi connectivity index (χ4n) is 2.16. The van der Waals surface area contributed by atoms with Crippen LogP contribution in [0.3, 0.4) is 0 Å². The number of aliphatic carboxylic acids is 1. The van der Waals surface area contributed by atoms with Gasteiger partial charge in [-0.1, -0.05) is 6.42 Å². The highest BCUT2D eigenvalue weighted by molar-refractivity contribution is 5.87. The predicted molar refractivity (Wildman–Crippen MR) is 67.5 cm³/mol. The Hall–Kier alpha value is -1.89. The van der Waals surface area contributed by atoms with Crippen LogP contribution < -0.4 is 10.6 Å². The molecule has 7 heteroatoms. The first-order valence-electron chi connectivity index (χ1n) is 6.40.